The van der Waals surface area contributed by atoms with Gasteiger partial charge in [0.25, 0.3) is 0 Å². The predicted octanol–water partition coefficient (Wildman–Crippen LogP) is 1.23. The van der Waals surface area contributed by atoms with Gasteiger partial charge in [0.2, 0.25) is 5.91 Å². The van der Waals surface area contributed by atoms with Crippen LogP contribution in [0.1, 0.15) is 37.7 Å². The monoisotopic (exact) mass is 373 g/mol. The Morgan fingerprint density at radius 2 is 2.00 bits per heavy atom. The van der Waals surface area contributed by atoms with Gasteiger partial charge in [-0.2, -0.15) is 0 Å². The van der Waals surface area contributed by atoms with Crippen molar-refractivity contribution in [1.82, 2.24) is 15.5 Å². The van der Waals surface area contributed by atoms with Gasteiger partial charge in [-0.25, -0.2) is 0 Å². The van der Waals surface area contributed by atoms with Gasteiger partial charge in [0.05, 0.1) is 12.6 Å². The molecule has 1 heterocycles. The number of nitrogens with two attached hydrogens (primary N) is 1. The van der Waals surface area contributed by atoms with Crippen LogP contribution in [-0.2, 0) is 11.3 Å². The summed E-state index contributed by atoms with van der Waals surface area (Å²) in [7, 11) is 1.79. The van der Waals surface area contributed by atoms with Gasteiger partial charge in [0.1, 0.15) is 5.75 Å². The third kappa shape index (κ3) is 5.85. The van der Waals surface area contributed by atoms with E-state index in [4.69, 9.17) is 10.5 Å². The average Bonchev–Trinajstić information content (AvgIpc) is 2.63. The first-order valence-corrected chi connectivity index (χ1v) is 9.86. The number of piperidine rings is 1. The number of para-hydroxylation sites is 1. The molecule has 0 radical (unpaired) electrons. The Morgan fingerprint density at radius 1 is 1.26 bits per heavy atom. The van der Waals surface area contributed by atoms with Crippen molar-refractivity contribution in [2.24, 2.45) is 10.7 Å². The van der Waals surface area contributed by atoms with Crippen LogP contribution in [-0.4, -0.2) is 55.6 Å². The van der Waals surface area contributed by atoms with Crippen molar-refractivity contribution in [3.63, 3.8) is 0 Å². The molecule has 0 atom stereocenters. The highest BCUT2D eigenvalue weighted by molar-refractivity contribution is 5.80. The molecule has 2 fully saturated rings. The number of guanidine groups is 1. The number of amides is 1. The van der Waals surface area contributed by atoms with E-state index in [0.29, 0.717) is 25.2 Å². The Kier molecular flexibility index (Phi) is 6.92. The maximum atomic E-state index is 11.0. The minimum absolute atomic E-state index is 0.262. The van der Waals surface area contributed by atoms with Gasteiger partial charge in [-0.05, 0) is 38.2 Å². The number of hydrogen-bond acceptors (Lipinski definition) is 4. The van der Waals surface area contributed by atoms with Gasteiger partial charge >= 0.3 is 0 Å². The van der Waals surface area contributed by atoms with Gasteiger partial charge in [-0.1, -0.05) is 18.2 Å². The zero-order chi connectivity index (χ0) is 19.1. The summed E-state index contributed by atoms with van der Waals surface area (Å²) in [6, 6.07) is 8.54. The molecular formula is C20H31N5O2. The van der Waals surface area contributed by atoms with Crippen molar-refractivity contribution >= 4 is 11.9 Å². The van der Waals surface area contributed by atoms with Crippen molar-refractivity contribution in [3.05, 3.63) is 29.8 Å². The van der Waals surface area contributed by atoms with Gasteiger partial charge < -0.3 is 21.1 Å². The van der Waals surface area contributed by atoms with E-state index in [1.165, 1.54) is 6.42 Å². The molecule has 0 bridgehead atoms. The number of carbonyl (C=O) groups is 1. The van der Waals surface area contributed by atoms with Crippen LogP contribution in [0.3, 0.4) is 0 Å². The van der Waals surface area contributed by atoms with E-state index in [0.717, 1.165) is 56.0 Å². The first kappa shape index (κ1) is 19.5. The highest BCUT2D eigenvalue weighted by Crippen LogP contribution is 2.27. The quantitative estimate of drug-likeness (QED) is 0.494. The summed E-state index contributed by atoms with van der Waals surface area (Å²) >= 11 is 0. The lowest BCUT2D eigenvalue weighted by Gasteiger charge is -2.32. The predicted molar refractivity (Wildman–Crippen MR) is 107 cm³/mol. The third-order valence-corrected chi connectivity index (χ3v) is 5.30. The number of hydrogen-bond donors (Lipinski definition) is 3. The molecule has 3 rings (SSSR count). The number of ether oxygens (including phenoxy) is 1. The molecular weight excluding hydrogens is 342 g/mol. The summed E-state index contributed by atoms with van der Waals surface area (Å²) in [5.41, 5.74) is 6.42. The van der Waals surface area contributed by atoms with Crippen molar-refractivity contribution in [2.75, 3.05) is 26.7 Å². The van der Waals surface area contributed by atoms with E-state index in [9.17, 15) is 4.79 Å². The molecule has 0 aromatic heterocycles. The van der Waals surface area contributed by atoms with Crippen LogP contribution >= 0.6 is 0 Å². The fourth-order valence-electron chi connectivity index (χ4n) is 3.46. The van der Waals surface area contributed by atoms with Crippen LogP contribution in [0.25, 0.3) is 0 Å². The molecule has 1 aromatic carbocycles. The molecule has 1 saturated heterocycles. The van der Waals surface area contributed by atoms with Crippen LogP contribution < -0.4 is 21.1 Å². The van der Waals surface area contributed by atoms with Crippen molar-refractivity contribution in [1.29, 1.82) is 0 Å². The Morgan fingerprint density at radius 3 is 2.63 bits per heavy atom. The van der Waals surface area contributed by atoms with E-state index in [-0.39, 0.29) is 5.91 Å². The molecule has 1 aromatic rings. The molecule has 7 nitrogen and oxygen atoms in total. The van der Waals surface area contributed by atoms with Crippen LogP contribution in [0.4, 0.5) is 0 Å². The zero-order valence-electron chi connectivity index (χ0n) is 16.1. The summed E-state index contributed by atoms with van der Waals surface area (Å²) in [4.78, 5) is 17.5. The van der Waals surface area contributed by atoms with Crippen molar-refractivity contribution in [2.45, 2.75) is 50.8 Å². The molecule has 4 N–H and O–H groups in total. The third-order valence-electron chi connectivity index (χ3n) is 5.30. The SMILES string of the molecule is CN=C(NCc1ccccc1OC1CCC1)NC1CCN(CC(N)=O)CC1. The number of primary amides is 1. The summed E-state index contributed by atoms with van der Waals surface area (Å²) in [6.07, 6.45) is 5.87. The Bertz CT molecular complexity index is 652. The molecule has 27 heavy (non-hydrogen) atoms. The van der Waals surface area contributed by atoms with Gasteiger partial charge in [0, 0.05) is 38.3 Å². The van der Waals surface area contributed by atoms with Crippen LogP contribution in [0.2, 0.25) is 0 Å². The first-order valence-electron chi connectivity index (χ1n) is 9.86. The number of rotatable bonds is 7. The normalized spacial score (nSPS) is 19.4. The molecule has 1 amide bonds. The maximum Gasteiger partial charge on any atom is 0.231 e. The lowest BCUT2D eigenvalue weighted by molar-refractivity contribution is -0.119. The second kappa shape index (κ2) is 9.60. The number of benzene rings is 1. The topological polar surface area (TPSA) is 92.0 Å². The Hall–Kier alpha value is -2.28. The summed E-state index contributed by atoms with van der Waals surface area (Å²) in [5, 5.41) is 6.88. The van der Waals surface area contributed by atoms with E-state index >= 15 is 0 Å². The summed E-state index contributed by atoms with van der Waals surface area (Å²) in [6.45, 7) is 2.76. The van der Waals surface area contributed by atoms with Crippen LogP contribution in [0.15, 0.2) is 29.3 Å². The van der Waals surface area contributed by atoms with E-state index in [1.54, 1.807) is 7.05 Å². The standard InChI is InChI=1S/C20H31N5O2/c1-22-20(24-16-9-11-25(12-10-16)14-19(21)26)23-13-15-5-2-3-8-18(15)27-17-6-4-7-17/h2-3,5,8,16-17H,4,6-7,9-14H2,1H3,(H2,21,26)(H2,22,23,24). The lowest BCUT2D eigenvalue weighted by Crippen LogP contribution is -2.49. The highest BCUT2D eigenvalue weighted by atomic mass is 16.5. The number of carbonyl (C=O) groups excluding carboxylic acids is 1. The van der Waals surface area contributed by atoms with Gasteiger partial charge in [0.15, 0.2) is 5.96 Å². The largest absolute Gasteiger partial charge is 0.490 e. The lowest BCUT2D eigenvalue weighted by atomic mass is 9.96. The minimum atomic E-state index is -0.262. The highest BCUT2D eigenvalue weighted by Gasteiger charge is 2.22. The molecule has 2 aliphatic rings. The van der Waals surface area contributed by atoms with Gasteiger partial charge in [-0.3, -0.25) is 14.7 Å². The number of nitrogens with one attached hydrogen (secondary N) is 2. The molecule has 1 saturated carbocycles. The van der Waals surface area contributed by atoms with E-state index < -0.39 is 0 Å². The number of likely N-dealkylation sites (tertiary alicyclic amines) is 1. The fourth-order valence-corrected chi connectivity index (χ4v) is 3.46. The minimum Gasteiger partial charge on any atom is -0.490 e. The molecule has 7 heteroatoms. The Labute approximate surface area is 161 Å². The van der Waals surface area contributed by atoms with Crippen LogP contribution in [0.5, 0.6) is 5.75 Å². The molecule has 1 aliphatic carbocycles. The zero-order valence-corrected chi connectivity index (χ0v) is 16.1. The van der Waals surface area contributed by atoms with Crippen molar-refractivity contribution in [3.8, 4) is 5.75 Å². The second-order valence-corrected chi connectivity index (χ2v) is 7.37. The number of aliphatic imine (C=N–C) groups is 1. The maximum absolute atomic E-state index is 11.0. The molecule has 148 valence electrons. The number of nitrogens with zero attached hydrogens (tertiary/aromatic N) is 2. The van der Waals surface area contributed by atoms with E-state index in [2.05, 4.69) is 26.6 Å². The van der Waals surface area contributed by atoms with E-state index in [1.807, 2.05) is 18.2 Å². The first-order chi connectivity index (χ1) is 13.1. The smallest absolute Gasteiger partial charge is 0.231 e. The fraction of sp³-hybridized carbons (Fsp3) is 0.600. The molecule has 1 aliphatic heterocycles. The molecule has 0 unspecified atom stereocenters. The second-order valence-electron chi connectivity index (χ2n) is 7.37. The van der Waals surface area contributed by atoms with Crippen LogP contribution in [0, 0.1) is 0 Å². The van der Waals surface area contributed by atoms with Gasteiger partial charge in [-0.15, -0.1) is 0 Å². The summed E-state index contributed by atoms with van der Waals surface area (Å²) in [5.74, 6) is 1.49. The summed E-state index contributed by atoms with van der Waals surface area (Å²) < 4.78 is 6.10. The average molecular weight is 374 g/mol. The van der Waals surface area contributed by atoms with Crippen molar-refractivity contribution < 1.29 is 9.53 Å². The Balaban J connectivity index is 1.46. The molecule has 0 spiro atoms.